The first kappa shape index (κ1) is 28.2. The second-order valence-corrected chi connectivity index (χ2v) is 12.4. The van der Waals surface area contributed by atoms with Crippen molar-refractivity contribution in [3.05, 3.63) is 164 Å². The number of aromatic nitrogens is 3. The number of hydrogen-bond donors (Lipinski definition) is 0. The van der Waals surface area contributed by atoms with Crippen LogP contribution in [0.3, 0.4) is 0 Å². The van der Waals surface area contributed by atoms with Gasteiger partial charge >= 0.3 is 0 Å². The van der Waals surface area contributed by atoms with Crippen LogP contribution in [-0.2, 0) is 0 Å². The first-order chi connectivity index (χ1) is 24.8. The van der Waals surface area contributed by atoms with Crippen LogP contribution >= 0.6 is 0 Å². The highest BCUT2D eigenvalue weighted by Crippen LogP contribution is 2.43. The smallest absolute Gasteiger partial charge is 0.164 e. The largest absolute Gasteiger partial charge is 0.455 e. The van der Waals surface area contributed by atoms with Gasteiger partial charge in [0.2, 0.25) is 0 Å². The first-order valence-electron chi connectivity index (χ1n) is 16.6. The van der Waals surface area contributed by atoms with Crippen molar-refractivity contribution in [1.29, 1.82) is 0 Å². The van der Waals surface area contributed by atoms with Crippen LogP contribution in [0.15, 0.2) is 173 Å². The van der Waals surface area contributed by atoms with Gasteiger partial charge in [0, 0.05) is 54.9 Å². The Bertz CT molecular complexity index is 2810. The van der Waals surface area contributed by atoms with Crippen LogP contribution in [0, 0.1) is 0 Å². The lowest BCUT2D eigenvalue weighted by molar-refractivity contribution is 0.665. The molecule has 3 aromatic heterocycles. The van der Waals surface area contributed by atoms with Gasteiger partial charge in [-0.25, -0.2) is 15.0 Å². The lowest BCUT2D eigenvalue weighted by Gasteiger charge is -2.10. The predicted molar refractivity (Wildman–Crippen MR) is 202 cm³/mol. The van der Waals surface area contributed by atoms with Gasteiger partial charge in [-0.3, -0.25) is 0 Å². The third-order valence-electron chi connectivity index (χ3n) is 9.35. The summed E-state index contributed by atoms with van der Waals surface area (Å²) in [5.41, 5.74) is 10.2. The molecule has 0 saturated heterocycles. The molecule has 10 rings (SSSR count). The van der Waals surface area contributed by atoms with Crippen LogP contribution in [0.5, 0.6) is 0 Å². The van der Waals surface area contributed by atoms with Crippen molar-refractivity contribution in [2.24, 2.45) is 0 Å². The topological polar surface area (TPSA) is 65.0 Å². The van der Waals surface area contributed by atoms with Gasteiger partial charge in [0.15, 0.2) is 17.5 Å². The van der Waals surface area contributed by atoms with Gasteiger partial charge < -0.3 is 8.83 Å². The van der Waals surface area contributed by atoms with Gasteiger partial charge in [-0.05, 0) is 17.7 Å². The van der Waals surface area contributed by atoms with Crippen molar-refractivity contribution in [2.45, 2.75) is 0 Å². The monoisotopic (exact) mass is 641 g/mol. The first-order valence-corrected chi connectivity index (χ1v) is 16.6. The molecule has 0 amide bonds. The van der Waals surface area contributed by atoms with E-state index in [1.807, 2.05) is 91.0 Å². The number of furan rings is 2. The summed E-state index contributed by atoms with van der Waals surface area (Å²) >= 11 is 0. The molecule has 0 spiro atoms. The molecule has 0 atom stereocenters. The number of rotatable bonds is 5. The van der Waals surface area contributed by atoms with Gasteiger partial charge in [-0.15, -0.1) is 0 Å². The van der Waals surface area contributed by atoms with E-state index in [-0.39, 0.29) is 0 Å². The second-order valence-electron chi connectivity index (χ2n) is 12.4. The summed E-state index contributed by atoms with van der Waals surface area (Å²) in [5.74, 6) is 1.87. The molecule has 50 heavy (non-hydrogen) atoms. The average Bonchev–Trinajstić information content (AvgIpc) is 3.77. The lowest BCUT2D eigenvalue weighted by atomic mass is 9.98. The van der Waals surface area contributed by atoms with E-state index < -0.39 is 0 Å². The minimum Gasteiger partial charge on any atom is -0.455 e. The number of para-hydroxylation sites is 4. The molecular weight excluding hydrogens is 615 g/mol. The van der Waals surface area contributed by atoms with Gasteiger partial charge in [-0.1, -0.05) is 152 Å². The Hall–Kier alpha value is -6.85. The minimum atomic E-state index is 0.609. The van der Waals surface area contributed by atoms with E-state index in [2.05, 4.69) is 72.8 Å². The predicted octanol–water partition coefficient (Wildman–Crippen LogP) is 12.0. The van der Waals surface area contributed by atoms with Crippen molar-refractivity contribution in [3.8, 4) is 56.4 Å². The summed E-state index contributed by atoms with van der Waals surface area (Å²) in [6.07, 6.45) is 0. The van der Waals surface area contributed by atoms with Crippen molar-refractivity contribution >= 4 is 43.9 Å². The molecule has 234 valence electrons. The molecule has 10 aromatic rings. The summed E-state index contributed by atoms with van der Waals surface area (Å²) in [4.78, 5) is 14.8. The molecule has 0 fully saturated rings. The fraction of sp³-hybridized carbons (Fsp3) is 0. The molecule has 0 N–H and O–H groups in total. The van der Waals surface area contributed by atoms with E-state index in [4.69, 9.17) is 23.8 Å². The Morgan fingerprint density at radius 2 is 0.720 bits per heavy atom. The molecule has 0 unspecified atom stereocenters. The van der Waals surface area contributed by atoms with Crippen molar-refractivity contribution in [1.82, 2.24) is 15.0 Å². The zero-order valence-corrected chi connectivity index (χ0v) is 26.7. The Morgan fingerprint density at radius 1 is 0.300 bits per heavy atom. The Labute approximate surface area is 287 Å². The zero-order chi connectivity index (χ0) is 33.0. The minimum absolute atomic E-state index is 0.609. The van der Waals surface area contributed by atoms with E-state index in [1.54, 1.807) is 0 Å². The van der Waals surface area contributed by atoms with E-state index >= 15 is 0 Å². The third-order valence-corrected chi connectivity index (χ3v) is 9.35. The summed E-state index contributed by atoms with van der Waals surface area (Å²) in [6.45, 7) is 0. The molecule has 5 nitrogen and oxygen atoms in total. The maximum atomic E-state index is 6.86. The van der Waals surface area contributed by atoms with E-state index in [9.17, 15) is 0 Å². The van der Waals surface area contributed by atoms with Crippen LogP contribution in [-0.4, -0.2) is 15.0 Å². The van der Waals surface area contributed by atoms with Crippen LogP contribution in [0.25, 0.3) is 100 Å². The second kappa shape index (κ2) is 11.4. The summed E-state index contributed by atoms with van der Waals surface area (Å²) in [6, 6.07) is 55.6. The Morgan fingerprint density at radius 3 is 1.36 bits per heavy atom. The number of fused-ring (bicyclic) bond motifs is 6. The van der Waals surface area contributed by atoms with Crippen LogP contribution in [0.2, 0.25) is 0 Å². The highest BCUT2D eigenvalue weighted by atomic mass is 16.3. The fourth-order valence-electron chi connectivity index (χ4n) is 6.98. The van der Waals surface area contributed by atoms with Crippen molar-refractivity contribution < 1.29 is 8.83 Å². The Balaban J connectivity index is 1.13. The van der Waals surface area contributed by atoms with E-state index in [1.165, 1.54) is 0 Å². The maximum Gasteiger partial charge on any atom is 0.164 e. The molecule has 0 bridgehead atoms. The van der Waals surface area contributed by atoms with E-state index in [0.717, 1.165) is 82.8 Å². The van der Waals surface area contributed by atoms with Gasteiger partial charge in [0.1, 0.15) is 22.3 Å². The molecule has 3 heterocycles. The molecule has 5 heteroatoms. The SMILES string of the molecule is c1ccc(-c2nc(-c3ccccc3)nc(-c3cccc(-c4cccc5c4oc4c(-c6cccc7c6oc6ccccc67)cccc45)c3)n2)cc1. The number of benzene rings is 7. The molecule has 0 aliphatic carbocycles. The standard InChI is InChI=1S/C45H27N3O2/c1-3-13-28(14-4-1)43-46-44(29-15-5-2-6-16-29)48-45(47-43)31-18-9-17-30(27-31)32-20-10-22-35-37-24-12-25-38(42(37)50-40(32)35)36-23-11-21-34-33-19-7-8-26-39(33)49-41(34)36/h1-27H. The normalized spacial score (nSPS) is 11.6. The van der Waals surface area contributed by atoms with E-state index in [0.29, 0.717) is 17.5 Å². The molecule has 7 aromatic carbocycles. The van der Waals surface area contributed by atoms with Gasteiger partial charge in [-0.2, -0.15) is 0 Å². The van der Waals surface area contributed by atoms with Crippen LogP contribution in [0.4, 0.5) is 0 Å². The molecule has 0 saturated carbocycles. The van der Waals surface area contributed by atoms with Gasteiger partial charge in [0.25, 0.3) is 0 Å². The highest BCUT2D eigenvalue weighted by molar-refractivity contribution is 6.16. The molecule has 0 radical (unpaired) electrons. The Kier molecular flexibility index (Phi) is 6.42. The third kappa shape index (κ3) is 4.60. The highest BCUT2D eigenvalue weighted by Gasteiger charge is 2.19. The van der Waals surface area contributed by atoms with Crippen molar-refractivity contribution in [3.63, 3.8) is 0 Å². The number of hydrogen-bond acceptors (Lipinski definition) is 5. The summed E-state index contributed by atoms with van der Waals surface area (Å²) < 4.78 is 13.3. The fourth-order valence-corrected chi connectivity index (χ4v) is 6.98. The molecule has 0 aliphatic heterocycles. The van der Waals surface area contributed by atoms with Crippen molar-refractivity contribution in [2.75, 3.05) is 0 Å². The quantitative estimate of drug-likeness (QED) is 0.187. The summed E-state index contributed by atoms with van der Waals surface area (Å²) in [5, 5.41) is 4.31. The molecular formula is C45H27N3O2. The number of nitrogens with zero attached hydrogens (tertiary/aromatic N) is 3. The van der Waals surface area contributed by atoms with Gasteiger partial charge in [0.05, 0.1) is 0 Å². The van der Waals surface area contributed by atoms with Crippen LogP contribution in [0.1, 0.15) is 0 Å². The maximum absolute atomic E-state index is 6.86. The average molecular weight is 642 g/mol. The molecule has 0 aliphatic rings. The zero-order valence-electron chi connectivity index (χ0n) is 26.7. The summed E-state index contributed by atoms with van der Waals surface area (Å²) in [7, 11) is 0. The lowest BCUT2D eigenvalue weighted by Crippen LogP contribution is -2.00. The van der Waals surface area contributed by atoms with Crippen LogP contribution < -0.4 is 0 Å².